The van der Waals surface area contributed by atoms with E-state index < -0.39 is 0 Å². The summed E-state index contributed by atoms with van der Waals surface area (Å²) in [6.45, 7) is 1.42. The van der Waals surface area contributed by atoms with Crippen LogP contribution in [-0.4, -0.2) is 38.2 Å². The normalized spacial score (nSPS) is 10.9. The first-order valence-corrected chi connectivity index (χ1v) is 10.4. The van der Waals surface area contributed by atoms with Gasteiger partial charge in [-0.15, -0.1) is 0 Å². The Labute approximate surface area is 187 Å². The molecule has 1 aromatic heterocycles. The Morgan fingerprint density at radius 1 is 1.03 bits per heavy atom. The molecule has 0 atom stereocenters. The van der Waals surface area contributed by atoms with Crippen LogP contribution in [0.15, 0.2) is 54.7 Å². The fraction of sp³-hybridized carbons (Fsp3) is 0.250. The van der Waals surface area contributed by atoms with E-state index in [9.17, 15) is 4.79 Å². The molecule has 2 aromatic carbocycles. The van der Waals surface area contributed by atoms with E-state index >= 15 is 0 Å². The van der Waals surface area contributed by atoms with E-state index in [1.54, 1.807) is 26.5 Å². The molecule has 2 N–H and O–H groups in total. The van der Waals surface area contributed by atoms with Gasteiger partial charge in [0, 0.05) is 41.5 Å². The zero-order valence-corrected chi connectivity index (χ0v) is 18.4. The summed E-state index contributed by atoms with van der Waals surface area (Å²) in [6, 6.07) is 13.1. The van der Waals surface area contributed by atoms with Crippen LogP contribution in [0.25, 0.3) is 17.0 Å². The average Bonchev–Trinajstić information content (AvgIpc) is 2.79. The van der Waals surface area contributed by atoms with Gasteiger partial charge in [-0.05, 0) is 60.9 Å². The third-order valence-electron chi connectivity index (χ3n) is 4.76. The molecular weight excluding hydrogens is 414 g/mol. The van der Waals surface area contributed by atoms with Crippen LogP contribution < -0.4 is 20.1 Å². The van der Waals surface area contributed by atoms with Gasteiger partial charge in [-0.3, -0.25) is 9.78 Å². The minimum Gasteiger partial charge on any atom is -0.493 e. The average molecular weight is 440 g/mol. The van der Waals surface area contributed by atoms with Gasteiger partial charge in [-0.25, -0.2) is 0 Å². The highest BCUT2D eigenvalue weighted by atomic mass is 35.5. The maximum atomic E-state index is 12.0. The number of aromatic nitrogens is 1. The predicted molar refractivity (Wildman–Crippen MR) is 126 cm³/mol. The van der Waals surface area contributed by atoms with E-state index in [1.165, 1.54) is 6.08 Å². The zero-order valence-electron chi connectivity index (χ0n) is 17.7. The van der Waals surface area contributed by atoms with Crippen LogP contribution in [0.1, 0.15) is 18.4 Å². The molecule has 0 saturated heterocycles. The maximum absolute atomic E-state index is 12.0. The molecule has 1 heterocycles. The molecule has 31 heavy (non-hydrogen) atoms. The van der Waals surface area contributed by atoms with Crippen LogP contribution in [0.5, 0.6) is 11.5 Å². The number of fused-ring (bicyclic) bond motifs is 1. The molecule has 0 radical (unpaired) electrons. The number of unbranched alkanes of at least 4 members (excludes halogenated alkanes) is 1. The van der Waals surface area contributed by atoms with E-state index in [0.717, 1.165) is 41.5 Å². The van der Waals surface area contributed by atoms with Gasteiger partial charge < -0.3 is 20.1 Å². The standard InChI is InChI=1S/C24H26ClN3O3/c1-30-22-9-5-17(15-23(22)31-2)6-10-24(29)28-13-4-3-12-26-20-11-14-27-21-16-18(25)7-8-19(20)21/h5-11,14-16H,3-4,12-13H2,1-2H3,(H,26,27)(H,28,29)/b10-6+. The molecule has 162 valence electrons. The molecule has 0 aliphatic rings. The topological polar surface area (TPSA) is 72.5 Å². The Balaban J connectivity index is 1.39. The van der Waals surface area contributed by atoms with Crippen molar-refractivity contribution in [3.05, 3.63) is 65.3 Å². The van der Waals surface area contributed by atoms with Gasteiger partial charge >= 0.3 is 0 Å². The number of anilines is 1. The van der Waals surface area contributed by atoms with Gasteiger partial charge in [0.05, 0.1) is 19.7 Å². The number of benzene rings is 2. The lowest BCUT2D eigenvalue weighted by Gasteiger charge is -2.09. The number of nitrogens with zero attached hydrogens (tertiary/aromatic N) is 1. The molecule has 0 fully saturated rings. The number of methoxy groups -OCH3 is 2. The fourth-order valence-electron chi connectivity index (χ4n) is 3.15. The van der Waals surface area contributed by atoms with Crippen LogP contribution >= 0.6 is 11.6 Å². The lowest BCUT2D eigenvalue weighted by Crippen LogP contribution is -2.22. The smallest absolute Gasteiger partial charge is 0.243 e. The number of hydrogen-bond donors (Lipinski definition) is 2. The van der Waals surface area contributed by atoms with Crippen LogP contribution in [0.3, 0.4) is 0 Å². The number of carbonyl (C=O) groups is 1. The van der Waals surface area contributed by atoms with Gasteiger partial charge in [-0.2, -0.15) is 0 Å². The van der Waals surface area contributed by atoms with Crippen LogP contribution in [0.4, 0.5) is 5.69 Å². The molecular formula is C24H26ClN3O3. The summed E-state index contributed by atoms with van der Waals surface area (Å²) in [5, 5.41) is 8.05. The molecule has 0 aliphatic heterocycles. The minimum atomic E-state index is -0.125. The van der Waals surface area contributed by atoms with Crippen molar-refractivity contribution >= 4 is 40.2 Å². The Morgan fingerprint density at radius 3 is 2.65 bits per heavy atom. The minimum absolute atomic E-state index is 0.125. The lowest BCUT2D eigenvalue weighted by molar-refractivity contribution is -0.116. The summed E-state index contributed by atoms with van der Waals surface area (Å²) in [4.78, 5) is 16.4. The van der Waals surface area contributed by atoms with Crippen molar-refractivity contribution in [3.63, 3.8) is 0 Å². The van der Waals surface area contributed by atoms with Gasteiger partial charge in [0.25, 0.3) is 0 Å². The van der Waals surface area contributed by atoms with Crippen molar-refractivity contribution in [1.29, 1.82) is 0 Å². The second-order valence-electron chi connectivity index (χ2n) is 6.89. The Hall–Kier alpha value is -3.25. The largest absolute Gasteiger partial charge is 0.493 e. The predicted octanol–water partition coefficient (Wildman–Crippen LogP) is 4.93. The number of amides is 1. The van der Waals surface area contributed by atoms with Crippen LogP contribution in [0, 0.1) is 0 Å². The Bertz CT molecular complexity index is 1070. The quantitative estimate of drug-likeness (QED) is 0.346. The molecule has 1 amide bonds. The third-order valence-corrected chi connectivity index (χ3v) is 4.99. The second kappa shape index (κ2) is 11.2. The van der Waals surface area contributed by atoms with Gasteiger partial charge in [-0.1, -0.05) is 17.7 Å². The highest BCUT2D eigenvalue weighted by Gasteiger charge is 2.04. The summed E-state index contributed by atoms with van der Waals surface area (Å²) >= 11 is 6.03. The van der Waals surface area contributed by atoms with E-state index in [-0.39, 0.29) is 5.91 Å². The van der Waals surface area contributed by atoms with Crippen LogP contribution in [0.2, 0.25) is 5.02 Å². The molecule has 3 rings (SSSR count). The van der Waals surface area contributed by atoms with Gasteiger partial charge in [0.15, 0.2) is 11.5 Å². The van der Waals surface area contributed by atoms with E-state index in [4.69, 9.17) is 21.1 Å². The summed E-state index contributed by atoms with van der Waals surface area (Å²) in [6.07, 6.45) is 6.84. The summed E-state index contributed by atoms with van der Waals surface area (Å²) < 4.78 is 10.5. The van der Waals surface area contributed by atoms with E-state index in [1.807, 2.05) is 42.5 Å². The van der Waals surface area contributed by atoms with Crippen molar-refractivity contribution in [3.8, 4) is 11.5 Å². The van der Waals surface area contributed by atoms with Gasteiger partial charge in [0.2, 0.25) is 5.91 Å². The molecule has 0 spiro atoms. The number of nitrogens with one attached hydrogen (secondary N) is 2. The van der Waals surface area contributed by atoms with E-state index in [0.29, 0.717) is 23.1 Å². The zero-order chi connectivity index (χ0) is 22.1. The first-order valence-electron chi connectivity index (χ1n) is 10.1. The highest BCUT2D eigenvalue weighted by molar-refractivity contribution is 6.31. The summed E-state index contributed by atoms with van der Waals surface area (Å²) in [7, 11) is 3.17. The first-order chi connectivity index (χ1) is 15.1. The number of halogens is 1. The molecule has 7 heteroatoms. The molecule has 0 bridgehead atoms. The number of hydrogen-bond acceptors (Lipinski definition) is 5. The third kappa shape index (κ3) is 6.36. The Morgan fingerprint density at radius 2 is 1.84 bits per heavy atom. The number of rotatable bonds is 10. The summed E-state index contributed by atoms with van der Waals surface area (Å²) in [5.74, 6) is 1.16. The highest BCUT2D eigenvalue weighted by Crippen LogP contribution is 2.28. The monoisotopic (exact) mass is 439 g/mol. The lowest BCUT2D eigenvalue weighted by atomic mass is 10.2. The number of pyridine rings is 1. The van der Waals surface area contributed by atoms with Crippen molar-refractivity contribution in [2.75, 3.05) is 32.6 Å². The summed E-state index contributed by atoms with van der Waals surface area (Å²) in [5.41, 5.74) is 2.76. The van der Waals surface area contributed by atoms with E-state index in [2.05, 4.69) is 15.6 Å². The SMILES string of the molecule is COc1ccc(/C=C/C(=O)NCCCCNc2ccnc3cc(Cl)ccc23)cc1OC. The Kier molecular flexibility index (Phi) is 8.12. The molecule has 0 saturated carbocycles. The van der Waals surface area contributed by atoms with Crippen molar-refractivity contribution < 1.29 is 14.3 Å². The van der Waals surface area contributed by atoms with Crippen molar-refractivity contribution in [2.45, 2.75) is 12.8 Å². The van der Waals surface area contributed by atoms with Crippen molar-refractivity contribution in [2.24, 2.45) is 0 Å². The molecule has 0 unspecified atom stereocenters. The maximum Gasteiger partial charge on any atom is 0.243 e. The molecule has 6 nitrogen and oxygen atoms in total. The molecule has 3 aromatic rings. The van der Waals surface area contributed by atoms with Crippen LogP contribution in [-0.2, 0) is 4.79 Å². The van der Waals surface area contributed by atoms with Gasteiger partial charge in [0.1, 0.15) is 0 Å². The number of carbonyl (C=O) groups excluding carboxylic acids is 1. The molecule has 0 aliphatic carbocycles. The fourth-order valence-corrected chi connectivity index (χ4v) is 3.31. The van der Waals surface area contributed by atoms with Crippen molar-refractivity contribution in [1.82, 2.24) is 10.3 Å². The first kappa shape index (κ1) is 22.4. The number of ether oxygens (including phenoxy) is 2. The second-order valence-corrected chi connectivity index (χ2v) is 7.33.